The second-order valence-electron chi connectivity index (χ2n) is 12.3. The number of para-hydroxylation sites is 2. The Kier molecular flexibility index (Phi) is 5.08. The highest BCUT2D eigenvalue weighted by Crippen LogP contribution is 2.44. The minimum Gasteiger partial charge on any atom is -0.455 e. The minimum absolute atomic E-state index is 0.0617. The second kappa shape index (κ2) is 11.2. The summed E-state index contributed by atoms with van der Waals surface area (Å²) in [7, 11) is 0. The summed E-state index contributed by atoms with van der Waals surface area (Å²) in [6.45, 7) is 0. The smallest absolute Gasteiger partial charge is 0.164 e. The molecule has 0 N–H and O–H groups in total. The average molecular weight is 694 g/mol. The van der Waals surface area contributed by atoms with Crippen LogP contribution in [0.2, 0.25) is 0 Å². The first kappa shape index (κ1) is 23.2. The monoisotopic (exact) mass is 693 g/mol. The van der Waals surface area contributed by atoms with Gasteiger partial charge in [-0.25, -0.2) is 15.0 Å². The Labute approximate surface area is 308 Å². The summed E-state index contributed by atoms with van der Waals surface area (Å²) >= 11 is 2.89. The van der Waals surface area contributed by atoms with Crippen LogP contribution in [0.1, 0.15) is 8.22 Å². The summed E-state index contributed by atoms with van der Waals surface area (Å²) in [6.07, 6.45) is 0. The molecule has 0 saturated carbocycles. The molecule has 6 heteroatoms. The predicted octanol–water partition coefficient (Wildman–Crippen LogP) is 13.2. The Hall–Kier alpha value is -6.21. The molecule has 4 heterocycles. The molecular formula is C45H25N3OS2. The Morgan fingerprint density at radius 3 is 2.12 bits per heavy atom. The molecule has 0 aliphatic carbocycles. The summed E-state index contributed by atoms with van der Waals surface area (Å²) in [5, 5.41) is 4.44. The van der Waals surface area contributed by atoms with Gasteiger partial charge in [-0.3, -0.25) is 0 Å². The van der Waals surface area contributed by atoms with Crippen LogP contribution in [-0.2, 0) is 0 Å². The zero-order chi connectivity index (χ0) is 38.7. The maximum absolute atomic E-state index is 9.67. The Morgan fingerprint density at radius 1 is 0.471 bits per heavy atom. The molecule has 0 amide bonds. The van der Waals surface area contributed by atoms with Crippen molar-refractivity contribution in [3.63, 3.8) is 0 Å². The normalized spacial score (nSPS) is 13.6. The molecule has 0 unspecified atom stereocenters. The van der Waals surface area contributed by atoms with Crippen LogP contribution in [0.5, 0.6) is 0 Å². The molecule has 0 radical (unpaired) electrons. The van der Waals surface area contributed by atoms with Gasteiger partial charge in [0, 0.05) is 78.9 Å². The third-order valence-corrected chi connectivity index (χ3v) is 11.5. The van der Waals surface area contributed by atoms with Crippen LogP contribution in [-0.4, -0.2) is 15.0 Å². The fourth-order valence-electron chi connectivity index (χ4n) is 6.86. The largest absolute Gasteiger partial charge is 0.455 e. The highest BCUT2D eigenvalue weighted by molar-refractivity contribution is 7.26. The van der Waals surface area contributed by atoms with E-state index < -0.39 is 0 Å². The molecule has 0 atom stereocenters. The first-order valence-electron chi connectivity index (χ1n) is 19.4. The molecule has 238 valence electrons. The minimum atomic E-state index is -0.308. The Bertz CT molecular complexity index is 3510. The van der Waals surface area contributed by atoms with E-state index in [1.165, 1.54) is 16.0 Å². The van der Waals surface area contributed by atoms with Gasteiger partial charge in [-0.15, -0.1) is 22.7 Å². The highest BCUT2D eigenvalue weighted by atomic mass is 32.1. The van der Waals surface area contributed by atoms with Crippen molar-refractivity contribution in [1.82, 2.24) is 15.0 Å². The van der Waals surface area contributed by atoms with E-state index in [0.717, 1.165) is 37.4 Å². The van der Waals surface area contributed by atoms with E-state index in [1.54, 1.807) is 11.3 Å². The molecule has 7 aromatic carbocycles. The van der Waals surface area contributed by atoms with Crippen molar-refractivity contribution in [3.05, 3.63) is 152 Å². The van der Waals surface area contributed by atoms with Crippen LogP contribution in [0.3, 0.4) is 0 Å². The lowest BCUT2D eigenvalue weighted by Crippen LogP contribution is -2.00. The number of furan rings is 1. The van der Waals surface area contributed by atoms with Crippen LogP contribution in [0.25, 0.3) is 108 Å². The van der Waals surface area contributed by atoms with Gasteiger partial charge in [0.2, 0.25) is 0 Å². The number of thiophene rings is 2. The van der Waals surface area contributed by atoms with Gasteiger partial charge >= 0.3 is 0 Å². The summed E-state index contributed by atoms with van der Waals surface area (Å²) in [4.78, 5) is 14.7. The molecular weight excluding hydrogens is 663 g/mol. The lowest BCUT2D eigenvalue weighted by Gasteiger charge is -2.09. The van der Waals surface area contributed by atoms with Crippen LogP contribution in [0.4, 0.5) is 0 Å². The SMILES string of the molecule is [2H]c1c([2H])c([2H])c2c(sc3c([2H])c(-c4nc(-c5ccccc5)nc(-c5ccc6sc7ccccc7c6c5)n4)c([2H])c([2H])c32)c1-c1cccc2c1oc1ccccc12. The molecule has 0 fully saturated rings. The van der Waals surface area contributed by atoms with Crippen molar-refractivity contribution in [3.8, 4) is 45.3 Å². The maximum atomic E-state index is 9.67. The molecule has 51 heavy (non-hydrogen) atoms. The van der Waals surface area contributed by atoms with Crippen molar-refractivity contribution < 1.29 is 12.6 Å². The summed E-state index contributed by atoms with van der Waals surface area (Å²) < 4.78 is 65.1. The van der Waals surface area contributed by atoms with Crippen LogP contribution in [0, 0.1) is 0 Å². The quantitative estimate of drug-likeness (QED) is 0.184. The number of rotatable bonds is 4. The number of hydrogen-bond donors (Lipinski definition) is 0. The first-order valence-corrected chi connectivity index (χ1v) is 18.0. The van der Waals surface area contributed by atoms with Crippen molar-refractivity contribution >= 4 is 85.0 Å². The van der Waals surface area contributed by atoms with Crippen molar-refractivity contribution in [2.24, 2.45) is 0 Å². The number of aromatic nitrogens is 3. The molecule has 11 aromatic rings. The molecule has 0 spiro atoms. The molecule has 4 aromatic heterocycles. The second-order valence-corrected chi connectivity index (χ2v) is 14.4. The predicted molar refractivity (Wildman–Crippen MR) is 215 cm³/mol. The summed E-state index contributed by atoms with van der Waals surface area (Å²) in [5.41, 5.74) is 3.72. The van der Waals surface area contributed by atoms with Crippen LogP contribution in [0.15, 0.2) is 156 Å². The number of hydrogen-bond acceptors (Lipinski definition) is 6. The molecule has 11 rings (SSSR count). The zero-order valence-electron chi connectivity index (χ0n) is 32.5. The van der Waals surface area contributed by atoms with Gasteiger partial charge in [-0.05, 0) is 36.4 Å². The van der Waals surface area contributed by atoms with Crippen molar-refractivity contribution in [2.45, 2.75) is 0 Å². The van der Waals surface area contributed by atoms with E-state index >= 15 is 0 Å². The third-order valence-electron chi connectivity index (χ3n) is 9.26. The lowest BCUT2D eigenvalue weighted by molar-refractivity contribution is 0.670. The molecule has 0 aliphatic heterocycles. The van der Waals surface area contributed by atoms with Gasteiger partial charge in [-0.2, -0.15) is 0 Å². The van der Waals surface area contributed by atoms with E-state index in [-0.39, 0.29) is 58.4 Å². The van der Waals surface area contributed by atoms with Crippen LogP contribution >= 0.6 is 22.7 Å². The highest BCUT2D eigenvalue weighted by Gasteiger charge is 2.18. The topological polar surface area (TPSA) is 51.8 Å². The lowest BCUT2D eigenvalue weighted by atomic mass is 10.00. The molecule has 0 aliphatic rings. The maximum Gasteiger partial charge on any atom is 0.164 e. The van der Waals surface area contributed by atoms with Gasteiger partial charge in [0.05, 0.1) is 8.22 Å². The first-order chi connectivity index (χ1) is 27.8. The molecule has 0 saturated heterocycles. The molecule has 4 nitrogen and oxygen atoms in total. The number of fused-ring (bicyclic) bond motifs is 9. The van der Waals surface area contributed by atoms with E-state index in [2.05, 4.69) is 24.3 Å². The Morgan fingerprint density at radius 2 is 1.22 bits per heavy atom. The average Bonchev–Trinajstić information content (AvgIpc) is 3.95. The summed E-state index contributed by atoms with van der Waals surface area (Å²) in [5.74, 6) is 0.808. The zero-order valence-corrected chi connectivity index (χ0v) is 28.2. The fourth-order valence-corrected chi connectivity index (χ4v) is 9.08. The molecule has 0 bridgehead atoms. The third kappa shape index (κ3) is 4.54. The van der Waals surface area contributed by atoms with Crippen molar-refractivity contribution in [2.75, 3.05) is 0 Å². The van der Waals surface area contributed by atoms with Gasteiger partial charge in [-0.1, -0.05) is 115 Å². The standard InChI is InChI=1S/C45H25N3OS2/c1-2-10-26(11-3-1)43-46-44(27-21-23-39-36(24-27)30-13-5-7-19-38(30)50-39)48-45(47-43)28-20-22-31-34-16-9-17-35(42(34)51-40(31)25-28)33-15-8-14-32-29-12-4-6-18-37(29)49-41(32)33/h1-25H/i9D,16D,17D,20D,22D,25D. The van der Waals surface area contributed by atoms with Crippen molar-refractivity contribution in [1.29, 1.82) is 0 Å². The Balaban J connectivity index is 1.18. The summed E-state index contributed by atoms with van der Waals surface area (Å²) in [6, 6.07) is 35.9. The van der Waals surface area contributed by atoms with E-state index in [4.69, 9.17) is 23.5 Å². The van der Waals surface area contributed by atoms with Gasteiger partial charge in [0.1, 0.15) is 11.2 Å². The van der Waals surface area contributed by atoms with Gasteiger partial charge < -0.3 is 4.42 Å². The number of benzene rings is 7. The van der Waals surface area contributed by atoms with Gasteiger partial charge in [0.25, 0.3) is 0 Å². The van der Waals surface area contributed by atoms with Crippen LogP contribution < -0.4 is 0 Å². The van der Waals surface area contributed by atoms with Gasteiger partial charge in [0.15, 0.2) is 17.5 Å². The fraction of sp³-hybridized carbons (Fsp3) is 0. The van der Waals surface area contributed by atoms with E-state index in [9.17, 15) is 4.11 Å². The van der Waals surface area contributed by atoms with E-state index in [1.807, 2.05) is 91.0 Å². The van der Waals surface area contributed by atoms with E-state index in [0.29, 0.717) is 43.3 Å². The number of nitrogens with zero attached hydrogens (tertiary/aromatic N) is 3.